The molecule has 0 radical (unpaired) electrons. The minimum absolute atomic E-state index is 0.0464. The van der Waals surface area contributed by atoms with Crippen LogP contribution in [-0.2, 0) is 11.3 Å². The summed E-state index contributed by atoms with van der Waals surface area (Å²) in [6.45, 7) is 1.37. The van der Waals surface area contributed by atoms with Crippen LogP contribution >= 0.6 is 15.9 Å². The van der Waals surface area contributed by atoms with Gasteiger partial charge < -0.3 is 10.6 Å². The summed E-state index contributed by atoms with van der Waals surface area (Å²) < 4.78 is 2.12. The van der Waals surface area contributed by atoms with Crippen molar-refractivity contribution in [3.8, 4) is 0 Å². The highest BCUT2D eigenvalue weighted by Crippen LogP contribution is 2.27. The lowest BCUT2D eigenvalue weighted by Gasteiger charge is -2.26. The van der Waals surface area contributed by atoms with Crippen LogP contribution in [0.15, 0.2) is 15.5 Å². The quantitative estimate of drug-likeness (QED) is 0.858. The van der Waals surface area contributed by atoms with Gasteiger partial charge in [0.2, 0.25) is 5.91 Å². The number of rotatable bonds is 4. The van der Waals surface area contributed by atoms with Gasteiger partial charge in [-0.2, -0.15) is 5.10 Å². The summed E-state index contributed by atoms with van der Waals surface area (Å²) in [6.07, 6.45) is 6.85. The number of piperidine rings is 1. The van der Waals surface area contributed by atoms with Gasteiger partial charge >= 0.3 is 0 Å². The first-order valence-electron chi connectivity index (χ1n) is 7.45. The first-order valence-corrected chi connectivity index (χ1v) is 8.24. The van der Waals surface area contributed by atoms with E-state index in [1.54, 1.807) is 6.20 Å². The molecule has 1 aromatic rings. The lowest BCUT2D eigenvalue weighted by atomic mass is 9.85. The Morgan fingerprint density at radius 2 is 2.14 bits per heavy atom. The number of carbonyl (C=O) groups is 1. The fraction of sp³-hybridized carbons (Fsp3) is 0.643. The summed E-state index contributed by atoms with van der Waals surface area (Å²) in [5.41, 5.74) is 0.279. The van der Waals surface area contributed by atoms with Crippen LogP contribution in [0.2, 0.25) is 0 Å². The molecule has 0 bridgehead atoms. The zero-order valence-corrected chi connectivity index (χ0v) is 13.4. The molecule has 1 saturated carbocycles. The fourth-order valence-electron chi connectivity index (χ4n) is 2.73. The van der Waals surface area contributed by atoms with Gasteiger partial charge in [-0.1, -0.05) is 6.42 Å². The third-order valence-corrected chi connectivity index (χ3v) is 4.86. The standard InChI is InChI=1S/C14H19BrN4O2/c15-10-7-17-19(8-9-3-1-4-9)14(21)12(10)18-11-5-2-6-16-13(11)20/h7,9,11,18H,1-6,8H2,(H,16,20). The van der Waals surface area contributed by atoms with E-state index >= 15 is 0 Å². The SMILES string of the molecule is O=C1NCCCC1Nc1c(Br)cnn(CC2CCC2)c1=O. The van der Waals surface area contributed by atoms with Crippen molar-refractivity contribution < 1.29 is 4.79 Å². The lowest BCUT2D eigenvalue weighted by molar-refractivity contribution is -0.123. The van der Waals surface area contributed by atoms with Crippen LogP contribution in [0, 0.1) is 5.92 Å². The highest BCUT2D eigenvalue weighted by atomic mass is 79.9. The number of aromatic nitrogens is 2. The lowest BCUT2D eigenvalue weighted by Crippen LogP contribution is -2.45. The second kappa shape index (κ2) is 6.17. The van der Waals surface area contributed by atoms with Crippen molar-refractivity contribution in [1.82, 2.24) is 15.1 Å². The predicted octanol–water partition coefficient (Wildman–Crippen LogP) is 1.50. The van der Waals surface area contributed by atoms with E-state index in [1.165, 1.54) is 11.1 Å². The minimum Gasteiger partial charge on any atom is -0.368 e. The first-order chi connectivity index (χ1) is 10.1. The summed E-state index contributed by atoms with van der Waals surface area (Å²) >= 11 is 3.36. The Balaban J connectivity index is 1.81. The van der Waals surface area contributed by atoms with Crippen molar-refractivity contribution in [2.75, 3.05) is 11.9 Å². The Kier molecular flexibility index (Phi) is 4.28. The molecule has 2 heterocycles. The van der Waals surface area contributed by atoms with E-state index in [4.69, 9.17) is 0 Å². The van der Waals surface area contributed by atoms with Gasteiger partial charge in [-0.25, -0.2) is 4.68 Å². The summed E-state index contributed by atoms with van der Waals surface area (Å²) in [5, 5.41) is 10.1. The molecule has 1 unspecified atom stereocenters. The van der Waals surface area contributed by atoms with Crippen LogP contribution in [0.4, 0.5) is 5.69 Å². The van der Waals surface area contributed by atoms with Crippen molar-refractivity contribution in [2.24, 2.45) is 5.92 Å². The van der Waals surface area contributed by atoms with Crippen LogP contribution < -0.4 is 16.2 Å². The molecule has 2 N–H and O–H groups in total. The molecule has 1 aliphatic carbocycles. The normalized spacial score (nSPS) is 22.5. The van der Waals surface area contributed by atoms with E-state index in [-0.39, 0.29) is 17.5 Å². The molecule has 3 rings (SSSR count). The van der Waals surface area contributed by atoms with Crippen LogP contribution in [0.5, 0.6) is 0 Å². The monoisotopic (exact) mass is 354 g/mol. The summed E-state index contributed by atoms with van der Waals surface area (Å²) in [4.78, 5) is 24.3. The van der Waals surface area contributed by atoms with E-state index in [2.05, 4.69) is 31.7 Å². The molecule has 0 aromatic carbocycles. The smallest absolute Gasteiger partial charge is 0.291 e. The highest BCUT2D eigenvalue weighted by Gasteiger charge is 2.25. The van der Waals surface area contributed by atoms with Gasteiger partial charge in [-0.05, 0) is 47.5 Å². The molecule has 1 atom stereocenters. The molecule has 2 aliphatic rings. The van der Waals surface area contributed by atoms with E-state index in [9.17, 15) is 9.59 Å². The van der Waals surface area contributed by atoms with Crippen LogP contribution in [0.1, 0.15) is 32.1 Å². The summed E-state index contributed by atoms with van der Waals surface area (Å²) in [5.74, 6) is 0.511. The van der Waals surface area contributed by atoms with E-state index in [0.29, 0.717) is 29.2 Å². The summed E-state index contributed by atoms with van der Waals surface area (Å²) in [6, 6.07) is -0.345. The molecular weight excluding hydrogens is 336 g/mol. The maximum Gasteiger partial charge on any atom is 0.291 e. The number of halogens is 1. The third-order valence-electron chi connectivity index (χ3n) is 4.26. The number of amides is 1. The maximum absolute atomic E-state index is 12.5. The molecule has 6 nitrogen and oxygen atoms in total. The van der Waals surface area contributed by atoms with Gasteiger partial charge in [-0.15, -0.1) is 0 Å². The second-order valence-electron chi connectivity index (χ2n) is 5.78. The molecule has 1 saturated heterocycles. The number of hydrogen-bond acceptors (Lipinski definition) is 4. The molecule has 7 heteroatoms. The zero-order chi connectivity index (χ0) is 14.8. The Morgan fingerprint density at radius 3 is 2.81 bits per heavy atom. The largest absolute Gasteiger partial charge is 0.368 e. The van der Waals surface area contributed by atoms with Crippen LogP contribution in [-0.4, -0.2) is 28.3 Å². The minimum atomic E-state index is -0.345. The van der Waals surface area contributed by atoms with Crippen LogP contribution in [0.3, 0.4) is 0 Å². The average Bonchev–Trinajstić information content (AvgIpc) is 2.42. The van der Waals surface area contributed by atoms with Gasteiger partial charge in [0.25, 0.3) is 5.56 Å². The molecule has 114 valence electrons. The number of anilines is 1. The van der Waals surface area contributed by atoms with Gasteiger partial charge in [-0.3, -0.25) is 9.59 Å². The molecule has 1 aromatic heterocycles. The van der Waals surface area contributed by atoms with E-state index in [0.717, 1.165) is 25.7 Å². The van der Waals surface area contributed by atoms with Crippen molar-refractivity contribution in [3.63, 3.8) is 0 Å². The predicted molar refractivity (Wildman–Crippen MR) is 83.2 cm³/mol. The van der Waals surface area contributed by atoms with Gasteiger partial charge in [0.15, 0.2) is 0 Å². The fourth-order valence-corrected chi connectivity index (χ4v) is 3.11. The maximum atomic E-state index is 12.5. The number of hydrogen-bond donors (Lipinski definition) is 2. The molecule has 2 fully saturated rings. The van der Waals surface area contributed by atoms with Crippen LogP contribution in [0.25, 0.3) is 0 Å². The Bertz CT molecular complexity index is 597. The van der Waals surface area contributed by atoms with Crippen molar-refractivity contribution in [1.29, 1.82) is 0 Å². The number of nitrogens with zero attached hydrogens (tertiary/aromatic N) is 2. The van der Waals surface area contributed by atoms with Gasteiger partial charge in [0.1, 0.15) is 11.7 Å². The molecular formula is C14H19BrN4O2. The Morgan fingerprint density at radius 1 is 1.33 bits per heavy atom. The Hall–Kier alpha value is -1.37. The van der Waals surface area contributed by atoms with E-state index < -0.39 is 0 Å². The molecule has 1 amide bonds. The van der Waals surface area contributed by atoms with Crippen molar-refractivity contribution in [2.45, 2.75) is 44.7 Å². The van der Waals surface area contributed by atoms with Crippen molar-refractivity contribution in [3.05, 3.63) is 21.0 Å². The third kappa shape index (κ3) is 3.12. The molecule has 21 heavy (non-hydrogen) atoms. The van der Waals surface area contributed by atoms with E-state index in [1.807, 2.05) is 0 Å². The summed E-state index contributed by atoms with van der Waals surface area (Å²) in [7, 11) is 0. The Labute approximate surface area is 131 Å². The highest BCUT2D eigenvalue weighted by molar-refractivity contribution is 9.10. The number of carbonyl (C=O) groups excluding carboxylic acids is 1. The van der Waals surface area contributed by atoms with Gasteiger partial charge in [0.05, 0.1) is 10.7 Å². The topological polar surface area (TPSA) is 76.0 Å². The molecule has 0 spiro atoms. The first kappa shape index (κ1) is 14.6. The molecule has 1 aliphatic heterocycles. The second-order valence-corrected chi connectivity index (χ2v) is 6.64. The zero-order valence-electron chi connectivity index (χ0n) is 11.8. The number of nitrogens with one attached hydrogen (secondary N) is 2. The van der Waals surface area contributed by atoms with Crippen molar-refractivity contribution >= 4 is 27.5 Å². The van der Waals surface area contributed by atoms with Gasteiger partial charge in [0, 0.05) is 13.1 Å². The average molecular weight is 355 g/mol.